The Kier molecular flexibility index (Phi) is 5.07. The van der Waals surface area contributed by atoms with Gasteiger partial charge < -0.3 is 0 Å². The Balaban J connectivity index is 2.40. The number of nitrogens with zero attached hydrogens (tertiary/aromatic N) is 3. The number of benzene rings is 2. The third kappa shape index (κ3) is 3.60. The molecule has 0 bridgehead atoms. The van der Waals surface area contributed by atoms with Crippen molar-refractivity contribution >= 4 is 23.0 Å². The summed E-state index contributed by atoms with van der Waals surface area (Å²) in [7, 11) is 0. The molecule has 0 atom stereocenters. The second-order valence-electron chi connectivity index (χ2n) is 6.36. The molecule has 5 heteroatoms. The fourth-order valence-corrected chi connectivity index (χ4v) is 3.91. The lowest BCUT2D eigenvalue weighted by molar-refractivity contribution is 0.973. The molecule has 2 aromatic carbocycles. The fraction of sp³-hybridized carbons (Fsp3) is 0.136. The lowest BCUT2D eigenvalue weighted by atomic mass is 10.1. The largest absolute Gasteiger partial charge is 0.273 e. The SMILES string of the molecule is Cc1ccc(/C=c2\sc(=C(C#N)C#N)n(-c3ccc(C)cc3C)c2=O)cc1. The highest BCUT2D eigenvalue weighted by Gasteiger charge is 2.13. The predicted octanol–water partition coefficient (Wildman–Crippen LogP) is 2.85. The van der Waals surface area contributed by atoms with Crippen LogP contribution in [0.5, 0.6) is 0 Å². The molecule has 4 nitrogen and oxygen atoms in total. The zero-order chi connectivity index (χ0) is 19.6. The van der Waals surface area contributed by atoms with Crippen LogP contribution in [0.2, 0.25) is 0 Å². The van der Waals surface area contributed by atoms with Crippen LogP contribution in [0.25, 0.3) is 17.3 Å². The first-order valence-corrected chi connectivity index (χ1v) is 9.18. The van der Waals surface area contributed by atoms with Gasteiger partial charge in [0.25, 0.3) is 5.56 Å². The van der Waals surface area contributed by atoms with Crippen LogP contribution in [-0.2, 0) is 0 Å². The number of rotatable bonds is 2. The molecule has 0 saturated heterocycles. The number of hydrogen-bond acceptors (Lipinski definition) is 4. The van der Waals surface area contributed by atoms with Gasteiger partial charge in [-0.1, -0.05) is 47.5 Å². The van der Waals surface area contributed by atoms with E-state index in [9.17, 15) is 15.3 Å². The van der Waals surface area contributed by atoms with E-state index in [2.05, 4.69) is 0 Å². The Hall–Kier alpha value is -3.41. The van der Waals surface area contributed by atoms with Gasteiger partial charge in [0.2, 0.25) is 0 Å². The maximum Gasteiger partial charge on any atom is 0.273 e. The van der Waals surface area contributed by atoms with Crippen molar-refractivity contribution in [2.75, 3.05) is 0 Å². The molecule has 0 fully saturated rings. The minimum absolute atomic E-state index is 0.0689. The van der Waals surface area contributed by atoms with E-state index in [0.717, 1.165) is 33.6 Å². The standard InChI is InChI=1S/C22H17N3OS/c1-14-4-7-17(8-5-14)11-20-21(26)25(22(27-20)18(12-23)13-24)19-9-6-15(2)10-16(19)3/h4-11H,1-3H3/b20-11-. The van der Waals surface area contributed by atoms with Crippen LogP contribution in [0.1, 0.15) is 22.3 Å². The fourth-order valence-electron chi connectivity index (χ4n) is 2.86. The highest BCUT2D eigenvalue weighted by atomic mass is 32.1. The summed E-state index contributed by atoms with van der Waals surface area (Å²) in [5, 5.41) is 18.7. The van der Waals surface area contributed by atoms with Gasteiger partial charge in [0, 0.05) is 0 Å². The van der Waals surface area contributed by atoms with Crippen LogP contribution < -0.4 is 14.8 Å². The Morgan fingerprint density at radius 3 is 2.22 bits per heavy atom. The monoisotopic (exact) mass is 371 g/mol. The molecule has 3 rings (SSSR count). The highest BCUT2D eigenvalue weighted by Crippen LogP contribution is 2.13. The maximum absolute atomic E-state index is 13.1. The lowest BCUT2D eigenvalue weighted by Gasteiger charge is -2.07. The second kappa shape index (κ2) is 7.45. The van der Waals surface area contributed by atoms with E-state index in [0.29, 0.717) is 14.9 Å². The molecule has 0 amide bonds. The zero-order valence-corrected chi connectivity index (χ0v) is 16.1. The first kappa shape index (κ1) is 18.4. The van der Waals surface area contributed by atoms with Crippen LogP contribution in [0.15, 0.2) is 47.3 Å². The van der Waals surface area contributed by atoms with E-state index < -0.39 is 0 Å². The van der Waals surface area contributed by atoms with E-state index in [1.807, 2.05) is 75.4 Å². The van der Waals surface area contributed by atoms with Crippen molar-refractivity contribution in [3.8, 4) is 17.8 Å². The van der Waals surface area contributed by atoms with E-state index in [-0.39, 0.29) is 11.1 Å². The number of nitriles is 2. The number of aromatic nitrogens is 1. The molecule has 0 aliphatic rings. The summed E-state index contributed by atoms with van der Waals surface area (Å²) in [6.07, 6.45) is 1.79. The molecule has 0 aliphatic heterocycles. The van der Waals surface area contributed by atoms with Crippen molar-refractivity contribution in [3.63, 3.8) is 0 Å². The summed E-state index contributed by atoms with van der Waals surface area (Å²) in [5.74, 6) is 0. The molecule has 0 N–H and O–H groups in total. The second-order valence-corrected chi connectivity index (χ2v) is 7.39. The van der Waals surface area contributed by atoms with Gasteiger partial charge in [-0.25, -0.2) is 0 Å². The predicted molar refractivity (Wildman–Crippen MR) is 108 cm³/mol. The Morgan fingerprint density at radius 2 is 1.63 bits per heavy atom. The topological polar surface area (TPSA) is 69.6 Å². The van der Waals surface area contributed by atoms with E-state index in [1.165, 1.54) is 4.57 Å². The Morgan fingerprint density at radius 1 is 1.00 bits per heavy atom. The summed E-state index contributed by atoms with van der Waals surface area (Å²) in [4.78, 5) is 13.1. The molecule has 0 saturated carbocycles. The zero-order valence-electron chi connectivity index (χ0n) is 15.3. The van der Waals surface area contributed by atoms with Crippen LogP contribution in [0.4, 0.5) is 0 Å². The number of hydrogen-bond donors (Lipinski definition) is 0. The summed E-state index contributed by atoms with van der Waals surface area (Å²) in [6.45, 7) is 5.89. The van der Waals surface area contributed by atoms with Crippen molar-refractivity contribution in [3.05, 3.63) is 84.3 Å². The molecule has 0 spiro atoms. The van der Waals surface area contributed by atoms with Crippen LogP contribution in [-0.4, -0.2) is 4.57 Å². The molecule has 0 radical (unpaired) electrons. The highest BCUT2D eigenvalue weighted by molar-refractivity contribution is 7.07. The molecule has 132 valence electrons. The van der Waals surface area contributed by atoms with E-state index >= 15 is 0 Å². The van der Waals surface area contributed by atoms with Crippen LogP contribution in [0, 0.1) is 43.4 Å². The third-order valence-electron chi connectivity index (χ3n) is 4.23. The number of aryl methyl sites for hydroxylation is 3. The van der Waals surface area contributed by atoms with Crippen LogP contribution >= 0.6 is 11.3 Å². The van der Waals surface area contributed by atoms with E-state index in [1.54, 1.807) is 6.08 Å². The number of thiazole rings is 1. The normalized spacial score (nSPS) is 11.1. The third-order valence-corrected chi connectivity index (χ3v) is 5.32. The smallest absolute Gasteiger partial charge is 0.267 e. The quantitative estimate of drug-likeness (QED) is 0.695. The van der Waals surface area contributed by atoms with Gasteiger partial charge in [0.1, 0.15) is 16.8 Å². The first-order chi connectivity index (χ1) is 12.9. The summed E-state index contributed by atoms with van der Waals surface area (Å²) in [6, 6.07) is 17.4. The van der Waals surface area contributed by atoms with Crippen molar-refractivity contribution in [1.29, 1.82) is 10.5 Å². The van der Waals surface area contributed by atoms with Crippen molar-refractivity contribution < 1.29 is 0 Å². The van der Waals surface area contributed by atoms with Gasteiger partial charge in [0.15, 0.2) is 5.57 Å². The summed E-state index contributed by atoms with van der Waals surface area (Å²) >= 11 is 1.16. The molecule has 1 aromatic heterocycles. The van der Waals surface area contributed by atoms with Gasteiger partial charge >= 0.3 is 0 Å². The average molecular weight is 371 g/mol. The van der Waals surface area contributed by atoms with Crippen LogP contribution in [0.3, 0.4) is 0 Å². The Labute approximate surface area is 161 Å². The molecule has 3 aromatic rings. The van der Waals surface area contributed by atoms with Crippen molar-refractivity contribution in [2.45, 2.75) is 20.8 Å². The lowest BCUT2D eigenvalue weighted by Crippen LogP contribution is -2.31. The summed E-state index contributed by atoms with van der Waals surface area (Å²) in [5.41, 5.74) is 4.41. The molecule has 1 heterocycles. The first-order valence-electron chi connectivity index (χ1n) is 8.37. The maximum atomic E-state index is 13.1. The molecule has 27 heavy (non-hydrogen) atoms. The summed E-state index contributed by atoms with van der Waals surface area (Å²) < 4.78 is 2.31. The molecule has 0 aliphatic carbocycles. The van der Waals surface area contributed by atoms with Crippen molar-refractivity contribution in [1.82, 2.24) is 4.57 Å². The van der Waals surface area contributed by atoms with Gasteiger partial charge in [-0.05, 0) is 44.0 Å². The van der Waals surface area contributed by atoms with Gasteiger partial charge in [-0.3, -0.25) is 9.36 Å². The molecule has 0 unspecified atom stereocenters. The van der Waals surface area contributed by atoms with E-state index in [4.69, 9.17) is 0 Å². The average Bonchev–Trinajstić information content (AvgIpc) is 2.95. The van der Waals surface area contributed by atoms with Gasteiger partial charge in [-0.2, -0.15) is 10.5 Å². The minimum atomic E-state index is -0.231. The Bertz CT molecular complexity index is 1260. The van der Waals surface area contributed by atoms with Gasteiger partial charge in [-0.15, -0.1) is 11.3 Å². The van der Waals surface area contributed by atoms with Crippen molar-refractivity contribution in [2.24, 2.45) is 0 Å². The minimum Gasteiger partial charge on any atom is -0.267 e. The van der Waals surface area contributed by atoms with Gasteiger partial charge in [0.05, 0.1) is 10.2 Å². The molecular formula is C22H17N3OS. The molecular weight excluding hydrogens is 354 g/mol.